The fraction of sp³-hybridized carbons (Fsp3) is 0.357. The van der Waals surface area contributed by atoms with Crippen LogP contribution >= 0.6 is 0 Å². The van der Waals surface area contributed by atoms with Gasteiger partial charge in [-0.15, -0.1) is 0 Å². The van der Waals surface area contributed by atoms with Crippen molar-refractivity contribution in [1.29, 1.82) is 0 Å². The van der Waals surface area contributed by atoms with Crippen molar-refractivity contribution in [1.82, 2.24) is 15.4 Å². The van der Waals surface area contributed by atoms with Crippen molar-refractivity contribution in [2.75, 3.05) is 6.54 Å². The fourth-order valence-corrected chi connectivity index (χ4v) is 2.06. The first-order chi connectivity index (χ1) is 10.5. The van der Waals surface area contributed by atoms with Gasteiger partial charge in [-0.05, 0) is 19.9 Å². The van der Waals surface area contributed by atoms with E-state index in [1.54, 1.807) is 24.7 Å². The lowest BCUT2D eigenvalue weighted by atomic mass is 10.00. The molecule has 8 nitrogen and oxygen atoms in total. The van der Waals surface area contributed by atoms with Crippen LogP contribution in [0.1, 0.15) is 25.8 Å². The molecule has 8 heteroatoms. The molecule has 1 N–H and O–H groups in total. The van der Waals surface area contributed by atoms with Crippen molar-refractivity contribution in [2.24, 2.45) is 15.4 Å². The molecule has 0 bridgehead atoms. The average molecular weight is 300 g/mol. The van der Waals surface area contributed by atoms with E-state index in [4.69, 9.17) is 4.84 Å². The van der Waals surface area contributed by atoms with Crippen LogP contribution in [-0.4, -0.2) is 45.8 Å². The third-order valence-electron chi connectivity index (χ3n) is 3.18. The summed E-state index contributed by atoms with van der Waals surface area (Å²) < 4.78 is 0. The van der Waals surface area contributed by atoms with Crippen molar-refractivity contribution in [3.05, 3.63) is 30.1 Å². The first-order valence-corrected chi connectivity index (χ1v) is 6.87. The number of nitrogens with zero attached hydrogens (tertiary/aromatic N) is 5. The number of hydrogen-bond acceptors (Lipinski definition) is 6. The van der Waals surface area contributed by atoms with Gasteiger partial charge < -0.3 is 4.84 Å². The first kappa shape index (κ1) is 14.2. The molecular weight excluding hydrogens is 284 g/mol. The third kappa shape index (κ3) is 3.11. The summed E-state index contributed by atoms with van der Waals surface area (Å²) in [5, 5.41) is 13.5. The Hall–Kier alpha value is -2.77. The van der Waals surface area contributed by atoms with Gasteiger partial charge in [-0.1, -0.05) is 11.2 Å². The Morgan fingerprint density at radius 2 is 2.32 bits per heavy atom. The van der Waals surface area contributed by atoms with Crippen LogP contribution in [-0.2, 0) is 4.84 Å². The summed E-state index contributed by atoms with van der Waals surface area (Å²) >= 11 is 0. The second kappa shape index (κ2) is 5.55. The lowest BCUT2D eigenvalue weighted by Crippen LogP contribution is -2.45. The molecule has 0 saturated heterocycles. The molecule has 1 aromatic heterocycles. The number of nitrogens with one attached hydrogen (secondary N) is 1. The van der Waals surface area contributed by atoms with Crippen LogP contribution in [0.5, 0.6) is 0 Å². The number of hydrazone groups is 2. The number of rotatable bonds is 3. The molecule has 114 valence electrons. The van der Waals surface area contributed by atoms with E-state index in [1.165, 1.54) is 5.01 Å². The lowest BCUT2D eigenvalue weighted by molar-refractivity contribution is 0.0123. The topological polar surface area (TPSA) is 91.5 Å². The van der Waals surface area contributed by atoms with Crippen LogP contribution in [0.3, 0.4) is 0 Å². The molecule has 3 heterocycles. The van der Waals surface area contributed by atoms with E-state index in [1.807, 2.05) is 19.9 Å². The van der Waals surface area contributed by atoms with E-state index in [0.29, 0.717) is 12.1 Å². The van der Waals surface area contributed by atoms with E-state index in [2.05, 4.69) is 25.8 Å². The van der Waals surface area contributed by atoms with Gasteiger partial charge in [0.15, 0.2) is 0 Å². The number of carbonyl (C=O) groups excluding carboxylic acids is 1. The van der Waals surface area contributed by atoms with Crippen LogP contribution in [0.2, 0.25) is 0 Å². The molecular formula is C14H16N6O2. The van der Waals surface area contributed by atoms with Crippen molar-refractivity contribution in [3.8, 4) is 0 Å². The zero-order valence-corrected chi connectivity index (χ0v) is 12.4. The van der Waals surface area contributed by atoms with Gasteiger partial charge in [0.05, 0.1) is 12.8 Å². The highest BCUT2D eigenvalue weighted by Crippen LogP contribution is 2.23. The molecule has 3 rings (SSSR count). The van der Waals surface area contributed by atoms with Gasteiger partial charge in [0.1, 0.15) is 17.0 Å². The van der Waals surface area contributed by atoms with Crippen molar-refractivity contribution < 1.29 is 9.63 Å². The summed E-state index contributed by atoms with van der Waals surface area (Å²) in [4.78, 5) is 21.1. The number of hydrogen-bond donors (Lipinski definition) is 1. The van der Waals surface area contributed by atoms with Crippen LogP contribution < -0.4 is 5.43 Å². The molecule has 0 unspecified atom stereocenters. The normalized spacial score (nSPS) is 20.5. The molecule has 2 aliphatic heterocycles. The maximum Gasteiger partial charge on any atom is 0.358 e. The Kier molecular flexibility index (Phi) is 3.58. The summed E-state index contributed by atoms with van der Waals surface area (Å²) in [5.74, 6) is 0. The Morgan fingerprint density at radius 3 is 3.00 bits per heavy atom. The lowest BCUT2D eigenvalue weighted by Gasteiger charge is -2.22. The number of pyridine rings is 1. The van der Waals surface area contributed by atoms with Crippen LogP contribution in [0.4, 0.5) is 4.79 Å². The highest BCUT2D eigenvalue weighted by Gasteiger charge is 2.34. The molecule has 2 aliphatic rings. The van der Waals surface area contributed by atoms with Gasteiger partial charge in [0.2, 0.25) is 0 Å². The highest BCUT2D eigenvalue weighted by molar-refractivity contribution is 6.44. The van der Waals surface area contributed by atoms with Gasteiger partial charge >= 0.3 is 6.03 Å². The molecule has 0 fully saturated rings. The Balaban J connectivity index is 1.71. The van der Waals surface area contributed by atoms with Crippen molar-refractivity contribution in [3.63, 3.8) is 0 Å². The predicted octanol–water partition coefficient (Wildman–Crippen LogP) is 1.35. The van der Waals surface area contributed by atoms with Crippen molar-refractivity contribution in [2.45, 2.75) is 25.9 Å². The summed E-state index contributed by atoms with van der Waals surface area (Å²) in [7, 11) is 0. The summed E-state index contributed by atoms with van der Waals surface area (Å²) in [6.07, 6.45) is 5.56. The Morgan fingerprint density at radius 1 is 1.45 bits per heavy atom. The zero-order valence-electron chi connectivity index (χ0n) is 12.4. The minimum Gasteiger partial charge on any atom is -0.389 e. The van der Waals surface area contributed by atoms with E-state index in [9.17, 15) is 4.79 Å². The van der Waals surface area contributed by atoms with Gasteiger partial charge in [0.25, 0.3) is 0 Å². The SMILES string of the molecule is CC1(C)CC(C2=NNC(=O)N(N=Cc3cccnc3)C2)=NO1. The molecule has 22 heavy (non-hydrogen) atoms. The predicted molar refractivity (Wildman–Crippen MR) is 81.7 cm³/mol. The number of amides is 2. The largest absolute Gasteiger partial charge is 0.389 e. The molecule has 1 aromatic rings. The molecule has 0 spiro atoms. The van der Waals surface area contributed by atoms with Gasteiger partial charge in [-0.2, -0.15) is 10.2 Å². The van der Waals surface area contributed by atoms with E-state index < -0.39 is 0 Å². The number of urea groups is 1. The monoisotopic (exact) mass is 300 g/mol. The zero-order chi connectivity index (χ0) is 15.6. The first-order valence-electron chi connectivity index (χ1n) is 6.87. The molecule has 2 amide bonds. The average Bonchev–Trinajstić information content (AvgIpc) is 2.88. The third-order valence-corrected chi connectivity index (χ3v) is 3.18. The molecule has 0 aliphatic carbocycles. The Bertz CT molecular complexity index is 665. The molecule has 0 atom stereocenters. The summed E-state index contributed by atoms with van der Waals surface area (Å²) in [6, 6.07) is 3.27. The maximum atomic E-state index is 11.8. The highest BCUT2D eigenvalue weighted by atomic mass is 16.7. The molecule has 0 aromatic carbocycles. The second-order valence-corrected chi connectivity index (χ2v) is 5.63. The van der Waals surface area contributed by atoms with Gasteiger partial charge in [-0.3, -0.25) is 4.98 Å². The standard InChI is InChI=1S/C14H16N6O2/c1-14(2)6-11(19-22-14)12-9-20(13(21)18-17-12)16-8-10-4-3-5-15-7-10/h3-5,7-8H,6,9H2,1-2H3,(H,18,21). The van der Waals surface area contributed by atoms with Gasteiger partial charge in [-0.25, -0.2) is 15.2 Å². The fourth-order valence-electron chi connectivity index (χ4n) is 2.06. The quantitative estimate of drug-likeness (QED) is 0.854. The Labute approximate surface area is 127 Å². The van der Waals surface area contributed by atoms with Crippen LogP contribution in [0.15, 0.2) is 39.9 Å². The van der Waals surface area contributed by atoms with E-state index >= 15 is 0 Å². The number of aromatic nitrogens is 1. The van der Waals surface area contributed by atoms with Crippen LogP contribution in [0.25, 0.3) is 0 Å². The second-order valence-electron chi connectivity index (χ2n) is 5.63. The van der Waals surface area contributed by atoms with E-state index in [0.717, 1.165) is 11.3 Å². The minimum atomic E-state index is -0.386. The smallest absolute Gasteiger partial charge is 0.358 e. The number of carbonyl (C=O) groups is 1. The maximum absolute atomic E-state index is 11.8. The van der Waals surface area contributed by atoms with Gasteiger partial charge in [0, 0.05) is 24.4 Å². The van der Waals surface area contributed by atoms with Crippen LogP contribution in [0, 0.1) is 0 Å². The van der Waals surface area contributed by atoms with E-state index in [-0.39, 0.29) is 18.2 Å². The molecule has 0 saturated carbocycles. The summed E-state index contributed by atoms with van der Waals surface area (Å²) in [5.41, 5.74) is 4.27. The van der Waals surface area contributed by atoms with Crippen molar-refractivity contribution >= 4 is 23.7 Å². The number of oxime groups is 1. The summed E-state index contributed by atoms with van der Waals surface area (Å²) in [6.45, 7) is 4.15. The molecule has 0 radical (unpaired) electrons. The minimum absolute atomic E-state index is 0.251.